The van der Waals surface area contributed by atoms with Crippen LogP contribution in [0.4, 0.5) is 4.79 Å². The zero-order valence-electron chi connectivity index (χ0n) is 12.0. The third-order valence-electron chi connectivity index (χ3n) is 3.09. The van der Waals surface area contributed by atoms with Crippen molar-refractivity contribution in [1.82, 2.24) is 15.5 Å². The van der Waals surface area contributed by atoms with Crippen LogP contribution in [0.3, 0.4) is 0 Å². The SMILES string of the molecule is CCC(C)NC(=O)NCCCCN(C)C(C)C. The fourth-order valence-corrected chi connectivity index (χ4v) is 1.32. The third kappa shape index (κ3) is 8.98. The molecule has 2 N–H and O–H groups in total. The van der Waals surface area contributed by atoms with Gasteiger partial charge in [0.2, 0.25) is 0 Å². The van der Waals surface area contributed by atoms with Gasteiger partial charge in [-0.15, -0.1) is 0 Å². The molecule has 0 rings (SSSR count). The summed E-state index contributed by atoms with van der Waals surface area (Å²) in [6.07, 6.45) is 3.12. The number of unbranched alkanes of at least 4 members (excludes halogenated alkanes) is 1. The molecule has 0 bridgehead atoms. The lowest BCUT2D eigenvalue weighted by Crippen LogP contribution is -2.40. The molecule has 4 heteroatoms. The number of hydrogen-bond acceptors (Lipinski definition) is 2. The van der Waals surface area contributed by atoms with Crippen LogP contribution in [-0.4, -0.2) is 43.2 Å². The van der Waals surface area contributed by atoms with E-state index in [0.717, 1.165) is 32.4 Å². The standard InChI is InChI=1S/C13H29N3O/c1-6-12(4)15-13(17)14-9-7-8-10-16(5)11(2)3/h11-12H,6-10H2,1-5H3,(H2,14,15,17). The number of rotatable bonds is 8. The van der Waals surface area contributed by atoms with Gasteiger partial charge < -0.3 is 15.5 Å². The quantitative estimate of drug-likeness (QED) is 0.642. The average molecular weight is 243 g/mol. The maximum atomic E-state index is 11.4. The number of amides is 2. The summed E-state index contributed by atoms with van der Waals surface area (Å²) in [4.78, 5) is 13.7. The number of hydrogen-bond donors (Lipinski definition) is 2. The first-order valence-electron chi connectivity index (χ1n) is 6.72. The highest BCUT2D eigenvalue weighted by Gasteiger charge is 2.04. The van der Waals surface area contributed by atoms with E-state index < -0.39 is 0 Å². The van der Waals surface area contributed by atoms with Gasteiger partial charge in [-0.25, -0.2) is 4.79 Å². The monoisotopic (exact) mass is 243 g/mol. The fourth-order valence-electron chi connectivity index (χ4n) is 1.32. The van der Waals surface area contributed by atoms with Gasteiger partial charge in [-0.1, -0.05) is 6.92 Å². The lowest BCUT2D eigenvalue weighted by molar-refractivity contribution is 0.236. The second-order valence-electron chi connectivity index (χ2n) is 4.99. The smallest absolute Gasteiger partial charge is 0.314 e. The first kappa shape index (κ1) is 16.2. The zero-order chi connectivity index (χ0) is 13.3. The summed E-state index contributed by atoms with van der Waals surface area (Å²) >= 11 is 0. The molecule has 4 nitrogen and oxygen atoms in total. The molecule has 2 amide bonds. The van der Waals surface area contributed by atoms with Crippen LogP contribution in [0, 0.1) is 0 Å². The van der Waals surface area contributed by atoms with Crippen LogP contribution >= 0.6 is 0 Å². The number of nitrogens with one attached hydrogen (secondary N) is 2. The van der Waals surface area contributed by atoms with Crippen LogP contribution < -0.4 is 10.6 Å². The van der Waals surface area contributed by atoms with Crippen LogP contribution in [-0.2, 0) is 0 Å². The van der Waals surface area contributed by atoms with Gasteiger partial charge in [0.25, 0.3) is 0 Å². The normalized spacial score (nSPS) is 12.9. The van der Waals surface area contributed by atoms with E-state index in [1.807, 2.05) is 6.92 Å². The molecule has 0 aliphatic heterocycles. The largest absolute Gasteiger partial charge is 0.338 e. The number of nitrogens with zero attached hydrogens (tertiary/aromatic N) is 1. The highest BCUT2D eigenvalue weighted by molar-refractivity contribution is 5.74. The Morgan fingerprint density at radius 1 is 1.24 bits per heavy atom. The van der Waals surface area contributed by atoms with Crippen molar-refractivity contribution in [3.05, 3.63) is 0 Å². The summed E-state index contributed by atoms with van der Waals surface area (Å²) in [7, 11) is 2.13. The second-order valence-corrected chi connectivity index (χ2v) is 4.99. The van der Waals surface area contributed by atoms with Crippen molar-refractivity contribution in [2.75, 3.05) is 20.1 Å². The zero-order valence-corrected chi connectivity index (χ0v) is 12.0. The Balaban J connectivity index is 3.42. The molecule has 0 aliphatic carbocycles. The van der Waals surface area contributed by atoms with E-state index in [4.69, 9.17) is 0 Å². The molecule has 0 fully saturated rings. The van der Waals surface area contributed by atoms with Crippen molar-refractivity contribution in [1.29, 1.82) is 0 Å². The lowest BCUT2D eigenvalue weighted by Gasteiger charge is -2.20. The van der Waals surface area contributed by atoms with Gasteiger partial charge in [0.05, 0.1) is 0 Å². The molecule has 0 aromatic heterocycles. The topological polar surface area (TPSA) is 44.4 Å². The number of carbonyl (C=O) groups is 1. The van der Waals surface area contributed by atoms with Crippen LogP contribution in [0.25, 0.3) is 0 Å². The number of urea groups is 1. The molecule has 0 aromatic rings. The highest BCUT2D eigenvalue weighted by atomic mass is 16.2. The molecular formula is C13H29N3O. The predicted octanol–water partition coefficient (Wildman–Crippen LogP) is 2.20. The summed E-state index contributed by atoms with van der Waals surface area (Å²) in [5, 5.41) is 5.77. The van der Waals surface area contributed by atoms with Gasteiger partial charge in [-0.05, 0) is 53.6 Å². The van der Waals surface area contributed by atoms with E-state index >= 15 is 0 Å². The van der Waals surface area contributed by atoms with E-state index in [2.05, 4.69) is 43.4 Å². The van der Waals surface area contributed by atoms with Gasteiger partial charge in [-0.3, -0.25) is 0 Å². The first-order chi connectivity index (χ1) is 7.97. The Kier molecular flexibility index (Phi) is 8.86. The molecule has 1 atom stereocenters. The van der Waals surface area contributed by atoms with Crippen LogP contribution in [0.5, 0.6) is 0 Å². The average Bonchev–Trinajstić information content (AvgIpc) is 2.27. The van der Waals surface area contributed by atoms with Crippen LogP contribution in [0.15, 0.2) is 0 Å². The minimum Gasteiger partial charge on any atom is -0.338 e. The Hall–Kier alpha value is -0.770. The number of carbonyl (C=O) groups excluding carboxylic acids is 1. The Labute approximate surface area is 106 Å². The molecule has 102 valence electrons. The third-order valence-corrected chi connectivity index (χ3v) is 3.09. The maximum Gasteiger partial charge on any atom is 0.314 e. The Morgan fingerprint density at radius 2 is 1.88 bits per heavy atom. The van der Waals surface area contributed by atoms with Crippen molar-refractivity contribution in [2.24, 2.45) is 0 Å². The van der Waals surface area contributed by atoms with Crippen molar-refractivity contribution >= 4 is 6.03 Å². The van der Waals surface area contributed by atoms with E-state index in [-0.39, 0.29) is 12.1 Å². The molecule has 0 aliphatic rings. The Morgan fingerprint density at radius 3 is 2.41 bits per heavy atom. The summed E-state index contributed by atoms with van der Waals surface area (Å²) in [6.45, 7) is 10.3. The Bertz CT molecular complexity index is 207. The van der Waals surface area contributed by atoms with Gasteiger partial charge in [0.1, 0.15) is 0 Å². The van der Waals surface area contributed by atoms with E-state index in [9.17, 15) is 4.79 Å². The fraction of sp³-hybridized carbons (Fsp3) is 0.923. The van der Waals surface area contributed by atoms with Crippen LogP contribution in [0.1, 0.15) is 47.0 Å². The predicted molar refractivity (Wildman–Crippen MR) is 73.3 cm³/mol. The minimum atomic E-state index is -0.0448. The first-order valence-corrected chi connectivity index (χ1v) is 6.72. The molecule has 0 radical (unpaired) electrons. The molecule has 0 saturated carbocycles. The van der Waals surface area contributed by atoms with Gasteiger partial charge >= 0.3 is 6.03 Å². The van der Waals surface area contributed by atoms with Gasteiger partial charge in [0.15, 0.2) is 0 Å². The molecule has 0 spiro atoms. The molecule has 0 saturated heterocycles. The molecule has 17 heavy (non-hydrogen) atoms. The van der Waals surface area contributed by atoms with Crippen molar-refractivity contribution < 1.29 is 4.79 Å². The molecule has 0 aromatic carbocycles. The van der Waals surface area contributed by atoms with E-state index in [1.54, 1.807) is 0 Å². The van der Waals surface area contributed by atoms with Crippen molar-refractivity contribution in [3.63, 3.8) is 0 Å². The maximum absolute atomic E-state index is 11.4. The molecule has 0 heterocycles. The van der Waals surface area contributed by atoms with Gasteiger partial charge in [0, 0.05) is 18.6 Å². The molecule has 1 unspecified atom stereocenters. The van der Waals surface area contributed by atoms with E-state index in [1.165, 1.54) is 0 Å². The van der Waals surface area contributed by atoms with Gasteiger partial charge in [-0.2, -0.15) is 0 Å². The second kappa shape index (κ2) is 9.28. The minimum absolute atomic E-state index is 0.0448. The summed E-state index contributed by atoms with van der Waals surface area (Å²) in [5.74, 6) is 0. The van der Waals surface area contributed by atoms with E-state index in [0.29, 0.717) is 6.04 Å². The van der Waals surface area contributed by atoms with Crippen molar-refractivity contribution in [2.45, 2.75) is 59.0 Å². The highest BCUT2D eigenvalue weighted by Crippen LogP contribution is 1.97. The lowest BCUT2D eigenvalue weighted by atomic mass is 10.2. The summed E-state index contributed by atoms with van der Waals surface area (Å²) < 4.78 is 0. The molecular weight excluding hydrogens is 214 g/mol. The van der Waals surface area contributed by atoms with Crippen molar-refractivity contribution in [3.8, 4) is 0 Å². The summed E-state index contributed by atoms with van der Waals surface area (Å²) in [5.41, 5.74) is 0. The van der Waals surface area contributed by atoms with Crippen LogP contribution in [0.2, 0.25) is 0 Å². The summed E-state index contributed by atoms with van der Waals surface area (Å²) in [6, 6.07) is 0.801.